The molecule has 4 nitrogen and oxygen atoms in total. The molecule has 2 rings (SSSR count). The first-order chi connectivity index (χ1) is 6.27. The monoisotopic (exact) mass is 185 g/mol. The van der Waals surface area contributed by atoms with Gasteiger partial charge < -0.3 is 9.84 Å². The Hall–Kier alpha value is -0.610. The van der Waals surface area contributed by atoms with Crippen LogP contribution in [0.4, 0.5) is 0 Å². The number of ether oxygens (including phenoxy) is 1. The van der Waals surface area contributed by atoms with Gasteiger partial charge in [0.25, 0.3) is 0 Å². The van der Waals surface area contributed by atoms with Crippen LogP contribution >= 0.6 is 0 Å². The van der Waals surface area contributed by atoms with E-state index >= 15 is 0 Å². The Bertz CT molecular complexity index is 203. The summed E-state index contributed by atoms with van der Waals surface area (Å²) in [6.07, 6.45) is 3.71. The molecule has 2 aliphatic rings. The van der Waals surface area contributed by atoms with Crippen LogP contribution in [0.1, 0.15) is 19.3 Å². The van der Waals surface area contributed by atoms with Crippen molar-refractivity contribution in [2.75, 3.05) is 13.2 Å². The lowest BCUT2D eigenvalue weighted by Crippen LogP contribution is -2.56. The maximum Gasteiger partial charge on any atom is 0.323 e. The Morgan fingerprint density at radius 1 is 1.38 bits per heavy atom. The topological polar surface area (TPSA) is 58.6 Å². The molecule has 1 aliphatic carbocycles. The van der Waals surface area contributed by atoms with E-state index in [2.05, 4.69) is 5.32 Å². The van der Waals surface area contributed by atoms with Crippen LogP contribution in [0.15, 0.2) is 0 Å². The summed E-state index contributed by atoms with van der Waals surface area (Å²) in [7, 11) is 0. The Morgan fingerprint density at radius 2 is 2.15 bits per heavy atom. The fraction of sp³-hybridized carbons (Fsp3) is 0.889. The normalized spacial score (nSPS) is 35.4. The van der Waals surface area contributed by atoms with Crippen molar-refractivity contribution in [3.63, 3.8) is 0 Å². The van der Waals surface area contributed by atoms with Crippen LogP contribution in [0.3, 0.4) is 0 Å². The Kier molecular flexibility index (Phi) is 2.51. The first kappa shape index (κ1) is 8.97. The Labute approximate surface area is 77.3 Å². The number of carboxylic acid groups (broad SMARTS) is 1. The van der Waals surface area contributed by atoms with E-state index in [9.17, 15) is 4.79 Å². The van der Waals surface area contributed by atoms with E-state index in [0.29, 0.717) is 19.1 Å². The molecule has 1 saturated carbocycles. The van der Waals surface area contributed by atoms with Crippen LogP contribution in [0, 0.1) is 5.92 Å². The number of aliphatic carboxylic acids is 1. The highest BCUT2D eigenvalue weighted by Gasteiger charge is 2.34. The van der Waals surface area contributed by atoms with Crippen molar-refractivity contribution >= 4 is 5.97 Å². The number of carboxylic acids is 1. The lowest BCUT2D eigenvalue weighted by Gasteiger charge is -2.38. The summed E-state index contributed by atoms with van der Waals surface area (Å²) in [6, 6.07) is -0.233. The zero-order valence-electron chi connectivity index (χ0n) is 7.53. The van der Waals surface area contributed by atoms with Gasteiger partial charge in [-0.3, -0.25) is 10.1 Å². The van der Waals surface area contributed by atoms with Crippen molar-refractivity contribution < 1.29 is 14.6 Å². The van der Waals surface area contributed by atoms with Gasteiger partial charge in [0.2, 0.25) is 0 Å². The third-order valence-corrected chi connectivity index (χ3v) is 3.01. The zero-order valence-corrected chi connectivity index (χ0v) is 7.53. The van der Waals surface area contributed by atoms with Gasteiger partial charge in [0.15, 0.2) is 0 Å². The molecule has 2 fully saturated rings. The second-order valence-corrected chi connectivity index (χ2v) is 3.89. The zero-order chi connectivity index (χ0) is 9.26. The van der Waals surface area contributed by atoms with Crippen molar-refractivity contribution in [1.29, 1.82) is 0 Å². The molecule has 0 aromatic carbocycles. The molecule has 2 unspecified atom stereocenters. The second-order valence-electron chi connectivity index (χ2n) is 3.89. The molecule has 0 radical (unpaired) electrons. The quantitative estimate of drug-likeness (QED) is 0.646. The lowest BCUT2D eigenvalue weighted by atomic mass is 9.79. The molecule has 0 spiro atoms. The molecule has 0 amide bonds. The maximum absolute atomic E-state index is 10.7. The van der Waals surface area contributed by atoms with Gasteiger partial charge in [0.05, 0.1) is 13.2 Å². The Balaban J connectivity index is 1.87. The fourth-order valence-electron chi connectivity index (χ4n) is 1.92. The number of hydrogen-bond acceptors (Lipinski definition) is 3. The van der Waals surface area contributed by atoms with Crippen molar-refractivity contribution in [3.05, 3.63) is 0 Å². The summed E-state index contributed by atoms with van der Waals surface area (Å²) in [4.78, 5) is 10.7. The highest BCUT2D eigenvalue weighted by atomic mass is 16.5. The largest absolute Gasteiger partial charge is 0.480 e. The van der Waals surface area contributed by atoms with Crippen LogP contribution < -0.4 is 5.32 Å². The van der Waals surface area contributed by atoms with Crippen LogP contribution in [0.5, 0.6) is 0 Å². The summed E-state index contributed by atoms with van der Waals surface area (Å²) in [5, 5.41) is 11.9. The molecule has 0 aromatic rings. The van der Waals surface area contributed by atoms with E-state index in [1.807, 2.05) is 0 Å². The van der Waals surface area contributed by atoms with Gasteiger partial charge in [-0.15, -0.1) is 0 Å². The first-order valence-corrected chi connectivity index (χ1v) is 4.84. The molecular formula is C9H15NO3. The summed E-state index contributed by atoms with van der Waals surface area (Å²) < 4.78 is 5.27. The number of rotatable bonds is 2. The molecule has 1 heterocycles. The molecule has 1 saturated heterocycles. The number of hydrogen-bond donors (Lipinski definition) is 2. The standard InChI is InChI=1S/C9H15NO3/c11-9(12)8-5-13-4-7(10-8)6-2-1-3-6/h6-8,10H,1-5H2,(H,11,12). The molecule has 74 valence electrons. The smallest absolute Gasteiger partial charge is 0.323 e. The molecule has 2 N–H and O–H groups in total. The first-order valence-electron chi connectivity index (χ1n) is 4.84. The Morgan fingerprint density at radius 3 is 2.69 bits per heavy atom. The highest BCUT2D eigenvalue weighted by molar-refractivity contribution is 5.73. The van der Waals surface area contributed by atoms with Gasteiger partial charge in [-0.05, 0) is 18.8 Å². The summed E-state index contributed by atoms with van der Waals surface area (Å²) in [5.41, 5.74) is 0. The highest BCUT2D eigenvalue weighted by Crippen LogP contribution is 2.30. The average molecular weight is 185 g/mol. The van der Waals surface area contributed by atoms with Crippen molar-refractivity contribution in [3.8, 4) is 0 Å². The fourth-order valence-corrected chi connectivity index (χ4v) is 1.92. The minimum atomic E-state index is -0.802. The predicted molar refractivity (Wildman–Crippen MR) is 46.5 cm³/mol. The molecule has 0 aromatic heterocycles. The van der Waals surface area contributed by atoms with Crippen molar-refractivity contribution in [1.82, 2.24) is 5.32 Å². The number of nitrogens with one attached hydrogen (secondary N) is 1. The molecule has 2 atom stereocenters. The van der Waals surface area contributed by atoms with Crippen LogP contribution in [0.25, 0.3) is 0 Å². The third kappa shape index (κ3) is 1.84. The van der Waals surface area contributed by atoms with E-state index in [1.54, 1.807) is 0 Å². The molecular weight excluding hydrogens is 170 g/mol. The molecule has 4 heteroatoms. The summed E-state index contributed by atoms with van der Waals surface area (Å²) >= 11 is 0. The van der Waals surface area contributed by atoms with Crippen LogP contribution in [0.2, 0.25) is 0 Å². The summed E-state index contributed by atoms with van der Waals surface area (Å²) in [6.45, 7) is 0.979. The van der Waals surface area contributed by atoms with E-state index in [0.717, 1.165) is 0 Å². The van der Waals surface area contributed by atoms with Crippen molar-refractivity contribution in [2.24, 2.45) is 5.92 Å². The van der Waals surface area contributed by atoms with Crippen LogP contribution in [-0.4, -0.2) is 36.4 Å². The summed E-state index contributed by atoms with van der Waals surface area (Å²) in [5.74, 6) is -0.161. The number of carbonyl (C=O) groups is 1. The average Bonchev–Trinajstić information content (AvgIpc) is 2.01. The maximum atomic E-state index is 10.7. The second kappa shape index (κ2) is 3.64. The lowest BCUT2D eigenvalue weighted by molar-refractivity contribution is -0.144. The van der Waals surface area contributed by atoms with E-state index in [4.69, 9.17) is 9.84 Å². The minimum absolute atomic E-state index is 0.267. The van der Waals surface area contributed by atoms with E-state index in [-0.39, 0.29) is 6.04 Å². The van der Waals surface area contributed by atoms with E-state index < -0.39 is 12.0 Å². The SMILES string of the molecule is O=C(O)C1COCC(C2CCC2)N1. The van der Waals surface area contributed by atoms with Crippen LogP contribution in [-0.2, 0) is 9.53 Å². The molecule has 1 aliphatic heterocycles. The minimum Gasteiger partial charge on any atom is -0.480 e. The van der Waals surface area contributed by atoms with E-state index in [1.165, 1.54) is 19.3 Å². The van der Waals surface area contributed by atoms with Gasteiger partial charge in [-0.2, -0.15) is 0 Å². The van der Waals surface area contributed by atoms with Gasteiger partial charge >= 0.3 is 5.97 Å². The molecule has 0 bridgehead atoms. The van der Waals surface area contributed by atoms with Gasteiger partial charge in [0.1, 0.15) is 6.04 Å². The predicted octanol–water partition coefficient (Wildman–Crippen LogP) is 0.228. The van der Waals surface area contributed by atoms with Gasteiger partial charge in [-0.25, -0.2) is 0 Å². The third-order valence-electron chi connectivity index (χ3n) is 3.01. The number of morpholine rings is 1. The van der Waals surface area contributed by atoms with Gasteiger partial charge in [-0.1, -0.05) is 6.42 Å². The van der Waals surface area contributed by atoms with Crippen molar-refractivity contribution in [2.45, 2.75) is 31.3 Å². The molecule has 13 heavy (non-hydrogen) atoms. The van der Waals surface area contributed by atoms with Gasteiger partial charge in [0, 0.05) is 6.04 Å².